The second-order valence-electron chi connectivity index (χ2n) is 6.86. The van der Waals surface area contributed by atoms with Crippen LogP contribution in [0.3, 0.4) is 0 Å². The Morgan fingerprint density at radius 2 is 1.93 bits per heavy atom. The third-order valence-corrected chi connectivity index (χ3v) is 4.62. The van der Waals surface area contributed by atoms with Gasteiger partial charge in [-0.15, -0.1) is 0 Å². The van der Waals surface area contributed by atoms with E-state index in [1.807, 2.05) is 50.2 Å². The van der Waals surface area contributed by atoms with Gasteiger partial charge in [-0.05, 0) is 61.2 Å². The number of amides is 3. The van der Waals surface area contributed by atoms with Gasteiger partial charge in [0.05, 0.1) is 7.11 Å². The lowest BCUT2D eigenvalue weighted by atomic mass is 10.1. The highest BCUT2D eigenvalue weighted by atomic mass is 16.5. The summed E-state index contributed by atoms with van der Waals surface area (Å²) in [5.41, 5.74) is 4.05. The normalized spacial score (nSPS) is 16.3. The van der Waals surface area contributed by atoms with Crippen molar-refractivity contribution in [3.05, 3.63) is 59.2 Å². The Hall–Kier alpha value is -3.02. The minimum atomic E-state index is -0.504. The van der Waals surface area contributed by atoms with Crippen LogP contribution in [-0.4, -0.2) is 31.6 Å². The molecule has 0 radical (unpaired) electrons. The number of methoxy groups -OCH3 is 1. The van der Waals surface area contributed by atoms with Crippen LogP contribution in [0.4, 0.5) is 10.5 Å². The summed E-state index contributed by atoms with van der Waals surface area (Å²) < 4.78 is 5.18. The van der Waals surface area contributed by atoms with E-state index < -0.39 is 6.04 Å². The lowest BCUT2D eigenvalue weighted by Crippen LogP contribution is -2.46. The van der Waals surface area contributed by atoms with Crippen LogP contribution >= 0.6 is 0 Å². The molecule has 1 fully saturated rings. The molecule has 1 aliphatic rings. The van der Waals surface area contributed by atoms with Crippen molar-refractivity contribution in [2.45, 2.75) is 32.9 Å². The largest absolute Gasteiger partial charge is 0.497 e. The number of nitrogens with zero attached hydrogens (tertiary/aromatic N) is 1. The highest BCUT2D eigenvalue weighted by molar-refractivity contribution is 6.01. The summed E-state index contributed by atoms with van der Waals surface area (Å²) in [7, 11) is 1.60. The number of anilines is 1. The molecule has 0 saturated carbocycles. The average molecular weight is 367 g/mol. The molecule has 0 spiro atoms. The summed E-state index contributed by atoms with van der Waals surface area (Å²) in [5, 5.41) is 5.58. The van der Waals surface area contributed by atoms with Crippen LogP contribution < -0.4 is 20.3 Å². The predicted octanol–water partition coefficient (Wildman–Crippen LogP) is 2.92. The van der Waals surface area contributed by atoms with Crippen LogP contribution in [0.2, 0.25) is 0 Å². The first-order valence-corrected chi connectivity index (χ1v) is 9.03. The van der Waals surface area contributed by atoms with Crippen LogP contribution in [0.5, 0.6) is 5.75 Å². The van der Waals surface area contributed by atoms with Gasteiger partial charge in [0.2, 0.25) is 5.91 Å². The number of benzene rings is 2. The number of rotatable bonds is 5. The monoisotopic (exact) mass is 367 g/mol. The maximum absolute atomic E-state index is 12.7. The second kappa shape index (κ2) is 8.12. The number of carbonyl (C=O) groups excluding carboxylic acids is 2. The fourth-order valence-corrected chi connectivity index (χ4v) is 3.35. The standard InChI is InChI=1S/C21H25N3O3/c1-14-9-15(2)11-17(10-14)24-8-7-19(20(24)25)23-21(26)22-13-16-5-4-6-18(12-16)27-3/h4-6,9-12,19H,7-8,13H2,1-3H3,(H2,22,23,26)/t19-/m0/s1. The number of urea groups is 1. The van der Waals surface area contributed by atoms with Gasteiger partial charge in [-0.25, -0.2) is 4.79 Å². The first kappa shape index (κ1) is 18.8. The molecule has 2 aromatic rings. The van der Waals surface area contributed by atoms with Crippen molar-refractivity contribution in [1.29, 1.82) is 0 Å². The molecule has 2 N–H and O–H groups in total. The molecule has 1 aliphatic heterocycles. The van der Waals surface area contributed by atoms with Crippen molar-refractivity contribution < 1.29 is 14.3 Å². The molecule has 1 saturated heterocycles. The number of aryl methyl sites for hydroxylation is 2. The predicted molar refractivity (Wildman–Crippen MR) is 105 cm³/mol. The minimum Gasteiger partial charge on any atom is -0.497 e. The molecular weight excluding hydrogens is 342 g/mol. The Balaban J connectivity index is 1.56. The molecule has 27 heavy (non-hydrogen) atoms. The molecule has 0 aliphatic carbocycles. The molecule has 3 rings (SSSR count). The molecule has 6 nitrogen and oxygen atoms in total. The molecule has 0 unspecified atom stereocenters. The van der Waals surface area contributed by atoms with Gasteiger partial charge in [0.1, 0.15) is 11.8 Å². The average Bonchev–Trinajstić information content (AvgIpc) is 3.00. The Morgan fingerprint density at radius 1 is 1.19 bits per heavy atom. The van der Waals surface area contributed by atoms with E-state index in [9.17, 15) is 9.59 Å². The van der Waals surface area contributed by atoms with Crippen molar-refractivity contribution in [2.75, 3.05) is 18.6 Å². The minimum absolute atomic E-state index is 0.0727. The van der Waals surface area contributed by atoms with Crippen molar-refractivity contribution in [3.8, 4) is 5.75 Å². The van der Waals surface area contributed by atoms with E-state index >= 15 is 0 Å². The van der Waals surface area contributed by atoms with Crippen LogP contribution in [0, 0.1) is 13.8 Å². The molecular formula is C21H25N3O3. The van der Waals surface area contributed by atoms with Gasteiger partial charge in [0.25, 0.3) is 0 Å². The van der Waals surface area contributed by atoms with E-state index in [2.05, 4.69) is 16.7 Å². The van der Waals surface area contributed by atoms with Gasteiger partial charge in [0.15, 0.2) is 0 Å². The molecule has 0 bridgehead atoms. The van der Waals surface area contributed by atoms with E-state index in [4.69, 9.17) is 4.74 Å². The maximum Gasteiger partial charge on any atom is 0.315 e. The molecule has 2 aromatic carbocycles. The molecule has 6 heteroatoms. The van der Waals surface area contributed by atoms with E-state index in [0.29, 0.717) is 19.5 Å². The summed E-state index contributed by atoms with van der Waals surface area (Å²) in [6, 6.07) is 12.7. The Bertz CT molecular complexity index is 830. The molecule has 142 valence electrons. The highest BCUT2D eigenvalue weighted by Gasteiger charge is 2.33. The van der Waals surface area contributed by atoms with Crippen LogP contribution in [-0.2, 0) is 11.3 Å². The van der Waals surface area contributed by atoms with Crippen molar-refractivity contribution in [1.82, 2.24) is 10.6 Å². The van der Waals surface area contributed by atoms with E-state index in [1.165, 1.54) is 0 Å². The lowest BCUT2D eigenvalue weighted by molar-refractivity contribution is -0.118. The summed E-state index contributed by atoms with van der Waals surface area (Å²) in [6.45, 7) is 4.99. The fourth-order valence-electron chi connectivity index (χ4n) is 3.35. The van der Waals surface area contributed by atoms with Gasteiger partial charge in [-0.2, -0.15) is 0 Å². The highest BCUT2D eigenvalue weighted by Crippen LogP contribution is 2.24. The second-order valence-corrected chi connectivity index (χ2v) is 6.86. The topological polar surface area (TPSA) is 70.7 Å². The zero-order valence-corrected chi connectivity index (χ0v) is 15.9. The van der Waals surface area contributed by atoms with E-state index in [1.54, 1.807) is 12.0 Å². The molecule has 3 amide bonds. The van der Waals surface area contributed by atoms with Crippen molar-refractivity contribution in [3.63, 3.8) is 0 Å². The smallest absolute Gasteiger partial charge is 0.315 e. The van der Waals surface area contributed by atoms with Crippen LogP contribution in [0.1, 0.15) is 23.1 Å². The zero-order valence-electron chi connectivity index (χ0n) is 15.9. The van der Waals surface area contributed by atoms with Gasteiger partial charge >= 0.3 is 6.03 Å². The Kier molecular flexibility index (Phi) is 5.64. The molecule has 1 atom stereocenters. The third kappa shape index (κ3) is 4.58. The van der Waals surface area contributed by atoms with Gasteiger partial charge in [0, 0.05) is 18.8 Å². The number of carbonyl (C=O) groups is 2. The Morgan fingerprint density at radius 3 is 2.63 bits per heavy atom. The van der Waals surface area contributed by atoms with Crippen molar-refractivity contribution in [2.24, 2.45) is 0 Å². The molecule has 1 heterocycles. The van der Waals surface area contributed by atoms with Gasteiger partial charge in [-0.3, -0.25) is 4.79 Å². The number of hydrogen-bond donors (Lipinski definition) is 2. The summed E-state index contributed by atoms with van der Waals surface area (Å²) in [5.74, 6) is 0.668. The van der Waals surface area contributed by atoms with Crippen LogP contribution in [0.25, 0.3) is 0 Å². The van der Waals surface area contributed by atoms with Gasteiger partial charge < -0.3 is 20.3 Å². The first-order valence-electron chi connectivity index (χ1n) is 9.03. The maximum atomic E-state index is 12.7. The lowest BCUT2D eigenvalue weighted by Gasteiger charge is -2.18. The number of hydrogen-bond acceptors (Lipinski definition) is 3. The molecule has 0 aromatic heterocycles. The van der Waals surface area contributed by atoms with Crippen LogP contribution in [0.15, 0.2) is 42.5 Å². The van der Waals surface area contributed by atoms with E-state index in [0.717, 1.165) is 28.1 Å². The van der Waals surface area contributed by atoms with E-state index in [-0.39, 0.29) is 11.9 Å². The van der Waals surface area contributed by atoms with Gasteiger partial charge in [-0.1, -0.05) is 18.2 Å². The number of ether oxygens (including phenoxy) is 1. The Labute approximate surface area is 159 Å². The van der Waals surface area contributed by atoms with Crippen molar-refractivity contribution >= 4 is 17.6 Å². The first-order chi connectivity index (χ1) is 13.0. The fraction of sp³-hybridized carbons (Fsp3) is 0.333. The summed E-state index contributed by atoms with van der Waals surface area (Å²) in [4.78, 5) is 26.6. The SMILES string of the molecule is COc1cccc(CNC(=O)N[C@H]2CCN(c3cc(C)cc(C)c3)C2=O)c1. The number of nitrogens with one attached hydrogen (secondary N) is 2. The third-order valence-electron chi connectivity index (χ3n) is 4.62. The summed E-state index contributed by atoms with van der Waals surface area (Å²) >= 11 is 0. The zero-order chi connectivity index (χ0) is 19.4. The quantitative estimate of drug-likeness (QED) is 0.854. The summed E-state index contributed by atoms with van der Waals surface area (Å²) in [6.07, 6.45) is 0.596.